The summed E-state index contributed by atoms with van der Waals surface area (Å²) >= 11 is 1.12. The maximum Gasteiger partial charge on any atom is 0.407 e. The lowest BCUT2D eigenvalue weighted by Gasteiger charge is -2.22. The number of aldehydes is 1. The predicted molar refractivity (Wildman–Crippen MR) is 79.6 cm³/mol. The standard InChI is InChI=1S/C14H21NO5S/c1-8-5-9(7-16)21-12(8)11(18)10(17)6-15-13(19)20-14(2,3)4/h5,7,10-11,17-18H,6H2,1-4H3,(H,15,19). The number of aryl methyl sites for hydroxylation is 1. The van der Waals surface area contributed by atoms with Gasteiger partial charge >= 0.3 is 6.09 Å². The van der Waals surface area contributed by atoms with Crippen LogP contribution in [0.4, 0.5) is 4.79 Å². The van der Waals surface area contributed by atoms with Crippen LogP contribution in [0.25, 0.3) is 0 Å². The van der Waals surface area contributed by atoms with Crippen molar-refractivity contribution in [1.29, 1.82) is 0 Å². The van der Waals surface area contributed by atoms with Crippen molar-refractivity contribution >= 4 is 23.7 Å². The van der Waals surface area contributed by atoms with Crippen molar-refractivity contribution in [3.8, 4) is 0 Å². The lowest BCUT2D eigenvalue weighted by atomic mass is 10.1. The van der Waals surface area contributed by atoms with E-state index in [1.54, 1.807) is 33.8 Å². The second kappa shape index (κ2) is 7.02. The largest absolute Gasteiger partial charge is 0.444 e. The molecule has 7 heteroatoms. The second-order valence-electron chi connectivity index (χ2n) is 5.71. The lowest BCUT2D eigenvalue weighted by Crippen LogP contribution is -2.38. The molecular weight excluding hydrogens is 294 g/mol. The number of thiophene rings is 1. The molecule has 2 atom stereocenters. The molecule has 0 bridgehead atoms. The topological polar surface area (TPSA) is 95.9 Å². The number of rotatable bonds is 5. The molecule has 1 amide bonds. The summed E-state index contributed by atoms with van der Waals surface area (Å²) in [6, 6.07) is 1.64. The average molecular weight is 315 g/mol. The van der Waals surface area contributed by atoms with Crippen LogP contribution < -0.4 is 5.32 Å². The van der Waals surface area contributed by atoms with E-state index in [1.165, 1.54) is 0 Å². The second-order valence-corrected chi connectivity index (χ2v) is 6.82. The van der Waals surface area contributed by atoms with Crippen LogP contribution >= 0.6 is 11.3 Å². The molecule has 2 unspecified atom stereocenters. The third kappa shape index (κ3) is 5.45. The molecule has 1 rings (SSSR count). The van der Waals surface area contributed by atoms with E-state index in [4.69, 9.17) is 4.74 Å². The summed E-state index contributed by atoms with van der Waals surface area (Å²) in [4.78, 5) is 23.2. The zero-order chi connectivity index (χ0) is 16.2. The molecule has 0 radical (unpaired) electrons. The smallest absolute Gasteiger partial charge is 0.407 e. The minimum Gasteiger partial charge on any atom is -0.444 e. The van der Waals surface area contributed by atoms with Crippen molar-refractivity contribution in [2.45, 2.75) is 45.5 Å². The maximum absolute atomic E-state index is 11.5. The van der Waals surface area contributed by atoms with E-state index >= 15 is 0 Å². The van der Waals surface area contributed by atoms with Gasteiger partial charge in [-0.05, 0) is 39.3 Å². The zero-order valence-electron chi connectivity index (χ0n) is 12.5. The van der Waals surface area contributed by atoms with Gasteiger partial charge in [-0.15, -0.1) is 11.3 Å². The van der Waals surface area contributed by atoms with E-state index in [1.807, 2.05) is 0 Å². The van der Waals surface area contributed by atoms with Gasteiger partial charge in [0.25, 0.3) is 0 Å². The fraction of sp³-hybridized carbons (Fsp3) is 0.571. The molecule has 0 saturated carbocycles. The molecule has 0 aliphatic rings. The number of carbonyl (C=O) groups is 2. The number of hydrogen-bond donors (Lipinski definition) is 3. The van der Waals surface area contributed by atoms with Crippen molar-refractivity contribution in [2.75, 3.05) is 6.54 Å². The first-order valence-corrected chi connectivity index (χ1v) is 7.34. The SMILES string of the molecule is Cc1cc(C=O)sc1C(O)C(O)CNC(=O)OC(C)(C)C. The van der Waals surface area contributed by atoms with Gasteiger partial charge in [-0.1, -0.05) is 0 Å². The molecule has 0 aromatic carbocycles. The van der Waals surface area contributed by atoms with Gasteiger partial charge in [0.15, 0.2) is 6.29 Å². The zero-order valence-corrected chi connectivity index (χ0v) is 13.4. The van der Waals surface area contributed by atoms with Crippen LogP contribution in [0.5, 0.6) is 0 Å². The lowest BCUT2D eigenvalue weighted by molar-refractivity contribution is 0.0144. The van der Waals surface area contributed by atoms with Crippen molar-refractivity contribution in [2.24, 2.45) is 0 Å². The Morgan fingerprint density at radius 3 is 2.57 bits per heavy atom. The van der Waals surface area contributed by atoms with Gasteiger partial charge < -0.3 is 20.3 Å². The Labute approximate surface area is 127 Å². The van der Waals surface area contributed by atoms with Crippen molar-refractivity contribution in [3.05, 3.63) is 21.4 Å². The summed E-state index contributed by atoms with van der Waals surface area (Å²) in [5, 5.41) is 22.4. The Kier molecular flexibility index (Phi) is 5.88. The van der Waals surface area contributed by atoms with Gasteiger partial charge in [0.05, 0.1) is 4.88 Å². The number of hydrogen-bond acceptors (Lipinski definition) is 6. The van der Waals surface area contributed by atoms with Gasteiger partial charge in [-0.25, -0.2) is 4.79 Å². The van der Waals surface area contributed by atoms with E-state index in [-0.39, 0.29) is 6.54 Å². The summed E-state index contributed by atoms with van der Waals surface area (Å²) < 4.78 is 5.03. The monoisotopic (exact) mass is 315 g/mol. The van der Waals surface area contributed by atoms with Crippen LogP contribution in [-0.2, 0) is 4.74 Å². The van der Waals surface area contributed by atoms with Crippen molar-refractivity contribution in [1.82, 2.24) is 5.32 Å². The summed E-state index contributed by atoms with van der Waals surface area (Å²) in [6.45, 7) is 6.79. The maximum atomic E-state index is 11.5. The summed E-state index contributed by atoms with van der Waals surface area (Å²) in [5.74, 6) is 0. The Hall–Kier alpha value is -1.44. The molecule has 0 saturated heterocycles. The number of aliphatic hydroxyl groups excluding tert-OH is 2. The molecule has 0 spiro atoms. The summed E-state index contributed by atoms with van der Waals surface area (Å²) in [5.41, 5.74) is 0.0996. The minimum atomic E-state index is -1.19. The molecular formula is C14H21NO5S. The molecule has 0 aliphatic carbocycles. The van der Waals surface area contributed by atoms with Gasteiger partial charge in [-0.3, -0.25) is 4.79 Å². The fourth-order valence-corrected chi connectivity index (χ4v) is 2.70. The first-order valence-electron chi connectivity index (χ1n) is 6.52. The van der Waals surface area contributed by atoms with E-state index in [0.717, 1.165) is 16.9 Å². The van der Waals surface area contributed by atoms with Crippen molar-refractivity contribution in [3.63, 3.8) is 0 Å². The van der Waals surface area contributed by atoms with Crippen LogP contribution in [0.3, 0.4) is 0 Å². The normalized spacial score (nSPS) is 14.4. The number of ether oxygens (including phenoxy) is 1. The van der Waals surface area contributed by atoms with Crippen LogP contribution in [0.2, 0.25) is 0 Å². The van der Waals surface area contributed by atoms with Crippen LogP contribution in [-0.4, -0.2) is 40.8 Å². The molecule has 118 valence electrons. The predicted octanol–water partition coefficient (Wildman–Crippen LogP) is 1.79. The fourth-order valence-electron chi connectivity index (χ4n) is 1.66. The number of amides is 1. The Bertz CT molecular complexity index is 506. The quantitative estimate of drug-likeness (QED) is 0.720. The van der Waals surface area contributed by atoms with Gasteiger partial charge in [0, 0.05) is 11.4 Å². The average Bonchev–Trinajstić information content (AvgIpc) is 2.74. The molecule has 6 nitrogen and oxygen atoms in total. The summed E-state index contributed by atoms with van der Waals surface area (Å²) in [7, 11) is 0. The van der Waals surface area contributed by atoms with Gasteiger partial charge in [0.1, 0.15) is 17.8 Å². The van der Waals surface area contributed by atoms with E-state index in [9.17, 15) is 19.8 Å². The third-order valence-corrected chi connectivity index (χ3v) is 3.81. The number of nitrogens with one attached hydrogen (secondary N) is 1. The molecule has 3 N–H and O–H groups in total. The molecule has 0 aliphatic heterocycles. The van der Waals surface area contributed by atoms with Crippen LogP contribution in [0, 0.1) is 6.92 Å². The highest BCUT2D eigenvalue weighted by atomic mass is 32.1. The Morgan fingerprint density at radius 1 is 1.48 bits per heavy atom. The van der Waals surface area contributed by atoms with Crippen LogP contribution in [0.1, 0.15) is 47.0 Å². The van der Waals surface area contributed by atoms with Crippen molar-refractivity contribution < 1.29 is 24.5 Å². The van der Waals surface area contributed by atoms with Crippen LogP contribution in [0.15, 0.2) is 6.07 Å². The molecule has 1 heterocycles. The highest BCUT2D eigenvalue weighted by Crippen LogP contribution is 2.29. The van der Waals surface area contributed by atoms with Gasteiger partial charge in [-0.2, -0.15) is 0 Å². The number of carbonyl (C=O) groups excluding carboxylic acids is 2. The number of alkyl carbamates (subject to hydrolysis) is 1. The molecule has 21 heavy (non-hydrogen) atoms. The van der Waals surface area contributed by atoms with Gasteiger partial charge in [0.2, 0.25) is 0 Å². The first kappa shape index (κ1) is 17.6. The highest BCUT2D eigenvalue weighted by molar-refractivity contribution is 7.13. The Balaban J connectivity index is 2.58. The third-order valence-electron chi connectivity index (χ3n) is 2.58. The molecule has 0 fully saturated rings. The van der Waals surface area contributed by atoms with E-state index in [0.29, 0.717) is 16.0 Å². The molecule has 1 aromatic heterocycles. The van der Waals surface area contributed by atoms with E-state index in [2.05, 4.69) is 5.32 Å². The number of aliphatic hydroxyl groups is 2. The summed E-state index contributed by atoms with van der Waals surface area (Å²) in [6.07, 6.45) is -2.32. The van der Waals surface area contributed by atoms with E-state index < -0.39 is 23.9 Å². The first-order chi connectivity index (χ1) is 9.64. The minimum absolute atomic E-state index is 0.149. The Morgan fingerprint density at radius 2 is 2.10 bits per heavy atom. The highest BCUT2D eigenvalue weighted by Gasteiger charge is 2.24. The molecule has 1 aromatic rings.